The number of hydrogen-bond donors (Lipinski definition) is 1. The smallest absolute Gasteiger partial charge is 0.277 e. The molecule has 0 saturated carbocycles. The fraction of sp³-hybridized carbons (Fsp3) is 0.125. The predicted molar refractivity (Wildman–Crippen MR) is 113 cm³/mol. The fourth-order valence-electron chi connectivity index (χ4n) is 2.83. The molecular weight excluding hydrogens is 348 g/mol. The number of anilines is 1. The third-order valence-corrected chi connectivity index (χ3v) is 4.49. The van der Waals surface area contributed by atoms with Crippen molar-refractivity contribution < 1.29 is 9.59 Å². The maximum Gasteiger partial charge on any atom is 0.277 e. The Bertz CT molecular complexity index is 978. The highest BCUT2D eigenvalue weighted by Crippen LogP contribution is 2.19. The van der Waals surface area contributed by atoms with Crippen molar-refractivity contribution in [3.63, 3.8) is 0 Å². The van der Waals surface area contributed by atoms with E-state index in [9.17, 15) is 9.59 Å². The van der Waals surface area contributed by atoms with E-state index in [-0.39, 0.29) is 17.5 Å². The van der Waals surface area contributed by atoms with Gasteiger partial charge in [0, 0.05) is 17.2 Å². The molecule has 1 N–H and O–H groups in total. The normalized spacial score (nSPS) is 12.3. The van der Waals surface area contributed by atoms with E-state index >= 15 is 0 Å². The minimum Gasteiger partial charge on any atom is -0.321 e. The molecule has 0 aliphatic carbocycles. The van der Waals surface area contributed by atoms with Crippen LogP contribution in [0, 0.1) is 6.92 Å². The number of carbonyl (C=O) groups is 2. The van der Waals surface area contributed by atoms with Crippen molar-refractivity contribution in [2.24, 2.45) is 4.99 Å². The molecule has 3 rings (SSSR count). The van der Waals surface area contributed by atoms with Crippen molar-refractivity contribution in [3.05, 3.63) is 102 Å². The first-order chi connectivity index (χ1) is 13.5. The van der Waals surface area contributed by atoms with Gasteiger partial charge in [0.1, 0.15) is 5.71 Å². The molecule has 4 nitrogen and oxygen atoms in total. The van der Waals surface area contributed by atoms with Crippen molar-refractivity contribution in [3.8, 4) is 0 Å². The zero-order valence-electron chi connectivity index (χ0n) is 15.9. The van der Waals surface area contributed by atoms with Crippen LogP contribution < -0.4 is 5.32 Å². The van der Waals surface area contributed by atoms with E-state index in [4.69, 9.17) is 0 Å². The van der Waals surface area contributed by atoms with Crippen LogP contribution in [0.15, 0.2) is 89.9 Å². The van der Waals surface area contributed by atoms with Crippen LogP contribution in [0.2, 0.25) is 0 Å². The zero-order chi connectivity index (χ0) is 19.9. The quantitative estimate of drug-likeness (QED) is 0.641. The minimum atomic E-state index is -0.433. The van der Waals surface area contributed by atoms with Crippen LogP contribution in [0.5, 0.6) is 0 Å². The lowest BCUT2D eigenvalue weighted by Gasteiger charge is -2.15. The highest BCUT2D eigenvalue weighted by molar-refractivity contribution is 6.46. The molecule has 0 radical (unpaired) electrons. The third-order valence-electron chi connectivity index (χ3n) is 4.49. The van der Waals surface area contributed by atoms with E-state index in [2.05, 4.69) is 10.3 Å². The highest BCUT2D eigenvalue weighted by Gasteiger charge is 2.22. The van der Waals surface area contributed by atoms with Crippen LogP contribution in [0.25, 0.3) is 0 Å². The van der Waals surface area contributed by atoms with E-state index in [1.54, 1.807) is 24.3 Å². The predicted octanol–water partition coefficient (Wildman–Crippen LogP) is 5.02. The van der Waals surface area contributed by atoms with Crippen LogP contribution in [0.4, 0.5) is 5.69 Å². The van der Waals surface area contributed by atoms with Gasteiger partial charge in [0.05, 0.1) is 0 Å². The summed E-state index contributed by atoms with van der Waals surface area (Å²) in [5.74, 6) is -1.15. The number of rotatable bonds is 5. The van der Waals surface area contributed by atoms with Gasteiger partial charge in [-0.2, -0.15) is 0 Å². The first-order valence-electron chi connectivity index (χ1n) is 9.15. The summed E-state index contributed by atoms with van der Waals surface area (Å²) in [7, 11) is 0. The summed E-state index contributed by atoms with van der Waals surface area (Å²) in [4.78, 5) is 29.8. The molecule has 3 aromatic carbocycles. The molecule has 0 aliphatic rings. The second kappa shape index (κ2) is 8.91. The monoisotopic (exact) mass is 370 g/mol. The van der Waals surface area contributed by atoms with Gasteiger partial charge >= 0.3 is 0 Å². The molecule has 2 amide bonds. The van der Waals surface area contributed by atoms with Crippen LogP contribution in [-0.4, -0.2) is 17.5 Å². The lowest BCUT2D eigenvalue weighted by molar-refractivity contribution is -0.110. The van der Waals surface area contributed by atoms with Gasteiger partial charge in [0.2, 0.25) is 0 Å². The molecule has 0 heterocycles. The summed E-state index contributed by atoms with van der Waals surface area (Å²) in [6.07, 6.45) is 0. The Morgan fingerprint density at radius 2 is 1.39 bits per heavy atom. The van der Waals surface area contributed by atoms with Crippen LogP contribution >= 0.6 is 0 Å². The van der Waals surface area contributed by atoms with Crippen molar-refractivity contribution in [2.45, 2.75) is 19.8 Å². The van der Waals surface area contributed by atoms with Crippen LogP contribution in [0.3, 0.4) is 0 Å². The second-order valence-corrected chi connectivity index (χ2v) is 6.62. The fourth-order valence-corrected chi connectivity index (χ4v) is 2.83. The second-order valence-electron chi connectivity index (χ2n) is 6.62. The first-order valence-corrected chi connectivity index (χ1v) is 9.15. The topological polar surface area (TPSA) is 58.5 Å². The SMILES string of the molecule is Cc1ccc(NC(=O)C(=NC(=O)c2ccccc2)C(C)c2ccccc2)cc1. The molecule has 1 unspecified atom stereocenters. The molecule has 3 aromatic rings. The summed E-state index contributed by atoms with van der Waals surface area (Å²) in [5, 5.41) is 2.85. The average Bonchev–Trinajstić information content (AvgIpc) is 2.74. The summed E-state index contributed by atoms with van der Waals surface area (Å²) in [6, 6.07) is 25.8. The Labute approximate surface area is 165 Å². The van der Waals surface area contributed by atoms with E-state index in [0.717, 1.165) is 11.1 Å². The molecule has 0 bridgehead atoms. The minimum absolute atomic E-state index is 0.181. The van der Waals surface area contributed by atoms with Gasteiger partial charge < -0.3 is 5.32 Å². The Morgan fingerprint density at radius 3 is 2.00 bits per heavy atom. The third kappa shape index (κ3) is 4.80. The lowest BCUT2D eigenvalue weighted by atomic mass is 9.95. The van der Waals surface area contributed by atoms with Crippen molar-refractivity contribution in [1.29, 1.82) is 0 Å². The zero-order valence-corrected chi connectivity index (χ0v) is 15.9. The molecular formula is C24H22N2O2. The molecule has 0 spiro atoms. The number of carbonyl (C=O) groups excluding carboxylic acids is 2. The number of aryl methyl sites for hydroxylation is 1. The maximum atomic E-state index is 13.0. The van der Waals surface area contributed by atoms with E-state index in [1.165, 1.54) is 0 Å². The Kier molecular flexibility index (Phi) is 6.12. The summed E-state index contributed by atoms with van der Waals surface area (Å²) in [5.41, 5.74) is 3.31. The lowest BCUT2D eigenvalue weighted by Crippen LogP contribution is -2.28. The van der Waals surface area contributed by atoms with Crippen LogP contribution in [0.1, 0.15) is 34.3 Å². The Balaban J connectivity index is 1.93. The number of amides is 2. The Morgan fingerprint density at radius 1 is 0.821 bits per heavy atom. The van der Waals surface area contributed by atoms with Crippen LogP contribution in [-0.2, 0) is 4.79 Å². The van der Waals surface area contributed by atoms with Gasteiger partial charge in [-0.15, -0.1) is 0 Å². The number of aliphatic imine (C=N–C) groups is 1. The molecule has 28 heavy (non-hydrogen) atoms. The average molecular weight is 370 g/mol. The van der Waals surface area contributed by atoms with Crippen molar-refractivity contribution in [1.82, 2.24) is 0 Å². The number of nitrogens with zero attached hydrogens (tertiary/aromatic N) is 1. The summed E-state index contributed by atoms with van der Waals surface area (Å²) in [6.45, 7) is 3.86. The Hall–Kier alpha value is -3.53. The largest absolute Gasteiger partial charge is 0.321 e. The molecule has 1 atom stereocenters. The van der Waals surface area contributed by atoms with Gasteiger partial charge in [-0.25, -0.2) is 4.99 Å². The number of benzene rings is 3. The molecule has 140 valence electrons. The van der Waals surface area contributed by atoms with Gasteiger partial charge in [0.25, 0.3) is 11.8 Å². The highest BCUT2D eigenvalue weighted by atomic mass is 16.2. The van der Waals surface area contributed by atoms with E-state index in [0.29, 0.717) is 11.3 Å². The van der Waals surface area contributed by atoms with Gasteiger partial charge in [-0.1, -0.05) is 73.2 Å². The molecule has 0 saturated heterocycles. The van der Waals surface area contributed by atoms with E-state index < -0.39 is 5.91 Å². The molecule has 0 aliphatic heterocycles. The number of hydrogen-bond acceptors (Lipinski definition) is 2. The van der Waals surface area contributed by atoms with E-state index in [1.807, 2.05) is 74.5 Å². The summed E-state index contributed by atoms with van der Waals surface area (Å²) < 4.78 is 0. The maximum absolute atomic E-state index is 13.0. The standard InChI is InChI=1S/C24H22N2O2/c1-17-13-15-21(16-14-17)25-24(28)22(18(2)19-9-5-3-6-10-19)26-23(27)20-11-7-4-8-12-20/h3-16,18H,1-2H3,(H,25,28). The van der Waals surface area contributed by atoms with Gasteiger partial charge in [-0.3, -0.25) is 9.59 Å². The summed E-state index contributed by atoms with van der Waals surface area (Å²) >= 11 is 0. The van der Waals surface area contributed by atoms with Crippen molar-refractivity contribution >= 4 is 23.2 Å². The molecule has 4 heteroatoms. The van der Waals surface area contributed by atoms with Gasteiger partial charge in [-0.05, 0) is 36.8 Å². The number of nitrogens with one attached hydrogen (secondary N) is 1. The first kappa shape index (κ1) is 19.2. The van der Waals surface area contributed by atoms with Gasteiger partial charge in [0.15, 0.2) is 0 Å². The molecule has 0 fully saturated rings. The van der Waals surface area contributed by atoms with Crippen molar-refractivity contribution in [2.75, 3.05) is 5.32 Å². The molecule has 0 aromatic heterocycles.